The van der Waals surface area contributed by atoms with Gasteiger partial charge in [-0.3, -0.25) is 4.98 Å². The summed E-state index contributed by atoms with van der Waals surface area (Å²) in [5.74, 6) is 1.62. The number of ether oxygens (including phenoxy) is 1. The number of aromatic nitrogens is 2. The second-order valence-electron chi connectivity index (χ2n) is 6.29. The third-order valence-electron chi connectivity index (χ3n) is 4.64. The van der Waals surface area contributed by atoms with Crippen LogP contribution in [0, 0.1) is 11.3 Å². The summed E-state index contributed by atoms with van der Waals surface area (Å²) in [4.78, 5) is 10.6. The number of benzene rings is 3. The predicted octanol–water partition coefficient (Wildman–Crippen LogP) is 5.59. The first-order valence-corrected chi connectivity index (χ1v) is 8.83. The molecule has 0 saturated carbocycles. The van der Waals surface area contributed by atoms with Gasteiger partial charge in [-0.2, -0.15) is 5.26 Å². The minimum atomic E-state index is 0.317. The number of anilines is 3. The third-order valence-corrected chi connectivity index (χ3v) is 4.64. The molecular weight excluding hydrogens is 348 g/mol. The fourth-order valence-corrected chi connectivity index (χ4v) is 3.38. The standard InChI is InChI=1S/C23H14N4O/c24-15-18-23(26-14-13-25-18)16-9-11-17(12-10-16)27-19-5-1-3-7-21(19)28-22-8-4-2-6-20(22)27/h1-14H. The number of hydrogen-bond donors (Lipinski definition) is 0. The summed E-state index contributed by atoms with van der Waals surface area (Å²) in [7, 11) is 0. The van der Waals surface area contributed by atoms with Crippen molar-refractivity contribution in [3.63, 3.8) is 0 Å². The molecule has 0 fully saturated rings. The van der Waals surface area contributed by atoms with Crippen LogP contribution in [0.15, 0.2) is 85.2 Å². The van der Waals surface area contributed by atoms with Gasteiger partial charge in [0.25, 0.3) is 0 Å². The monoisotopic (exact) mass is 362 g/mol. The molecule has 0 spiro atoms. The van der Waals surface area contributed by atoms with Crippen molar-refractivity contribution in [2.24, 2.45) is 0 Å². The van der Waals surface area contributed by atoms with Crippen LogP contribution in [0.1, 0.15) is 5.69 Å². The van der Waals surface area contributed by atoms with Gasteiger partial charge in [-0.1, -0.05) is 36.4 Å². The van der Waals surface area contributed by atoms with E-state index in [1.165, 1.54) is 6.20 Å². The molecule has 2 heterocycles. The van der Waals surface area contributed by atoms with Crippen molar-refractivity contribution < 1.29 is 4.74 Å². The summed E-state index contributed by atoms with van der Waals surface area (Å²) in [6.45, 7) is 0. The Balaban J connectivity index is 1.62. The average molecular weight is 362 g/mol. The first kappa shape index (κ1) is 16.0. The zero-order valence-corrected chi connectivity index (χ0v) is 14.8. The maximum Gasteiger partial charge on any atom is 0.166 e. The van der Waals surface area contributed by atoms with E-state index in [1.54, 1.807) is 6.20 Å². The van der Waals surface area contributed by atoms with Gasteiger partial charge in [-0.05, 0) is 36.4 Å². The summed E-state index contributed by atoms with van der Waals surface area (Å²) in [5.41, 5.74) is 4.70. The number of hydrogen-bond acceptors (Lipinski definition) is 5. The largest absolute Gasteiger partial charge is 0.453 e. The van der Waals surface area contributed by atoms with Gasteiger partial charge >= 0.3 is 0 Å². The molecule has 0 unspecified atom stereocenters. The molecule has 0 amide bonds. The lowest BCUT2D eigenvalue weighted by Gasteiger charge is -2.32. The van der Waals surface area contributed by atoms with Crippen LogP contribution >= 0.6 is 0 Å². The van der Waals surface area contributed by atoms with Crippen molar-refractivity contribution in [3.05, 3.63) is 90.9 Å². The van der Waals surface area contributed by atoms with E-state index in [2.05, 4.69) is 20.9 Å². The van der Waals surface area contributed by atoms with Gasteiger partial charge in [0.1, 0.15) is 11.8 Å². The van der Waals surface area contributed by atoms with Gasteiger partial charge in [0, 0.05) is 23.6 Å². The van der Waals surface area contributed by atoms with Crippen molar-refractivity contribution in [1.82, 2.24) is 9.97 Å². The third kappa shape index (κ3) is 2.56. The lowest BCUT2D eigenvalue weighted by Crippen LogP contribution is -2.15. The van der Waals surface area contributed by atoms with E-state index < -0.39 is 0 Å². The zero-order chi connectivity index (χ0) is 18.9. The van der Waals surface area contributed by atoms with Crippen LogP contribution in [0.2, 0.25) is 0 Å². The van der Waals surface area contributed by atoms with Crippen LogP contribution in [0.3, 0.4) is 0 Å². The second-order valence-corrected chi connectivity index (χ2v) is 6.29. The van der Waals surface area contributed by atoms with Gasteiger partial charge in [-0.15, -0.1) is 0 Å². The number of para-hydroxylation sites is 4. The van der Waals surface area contributed by atoms with Gasteiger partial charge in [0.2, 0.25) is 0 Å². The first-order valence-electron chi connectivity index (χ1n) is 8.83. The molecule has 1 aliphatic heterocycles. The molecule has 1 aromatic heterocycles. The summed E-state index contributed by atoms with van der Waals surface area (Å²) in [5, 5.41) is 9.28. The Hall–Kier alpha value is -4.17. The Morgan fingerprint density at radius 3 is 2.00 bits per heavy atom. The van der Waals surface area contributed by atoms with E-state index in [-0.39, 0.29) is 0 Å². The highest BCUT2D eigenvalue weighted by Crippen LogP contribution is 2.50. The van der Waals surface area contributed by atoms with Crippen molar-refractivity contribution in [3.8, 4) is 28.8 Å². The van der Waals surface area contributed by atoms with Crippen LogP contribution in [-0.2, 0) is 0 Å². The topological polar surface area (TPSA) is 62.0 Å². The fraction of sp³-hybridized carbons (Fsp3) is 0. The molecule has 4 aromatic rings. The van der Waals surface area contributed by atoms with Crippen molar-refractivity contribution >= 4 is 17.1 Å². The normalized spacial score (nSPS) is 11.8. The maximum absolute atomic E-state index is 9.28. The van der Waals surface area contributed by atoms with Crippen molar-refractivity contribution in [2.45, 2.75) is 0 Å². The molecule has 0 atom stereocenters. The van der Waals surface area contributed by atoms with E-state index in [0.29, 0.717) is 11.4 Å². The van der Waals surface area contributed by atoms with E-state index in [9.17, 15) is 5.26 Å². The van der Waals surface area contributed by atoms with Gasteiger partial charge in [0.05, 0.1) is 11.4 Å². The Morgan fingerprint density at radius 2 is 1.36 bits per heavy atom. The van der Waals surface area contributed by atoms with Gasteiger partial charge in [-0.25, -0.2) is 4.98 Å². The highest BCUT2D eigenvalue weighted by atomic mass is 16.5. The Kier molecular flexibility index (Phi) is 3.74. The van der Waals surface area contributed by atoms with E-state index in [4.69, 9.17) is 4.74 Å². The molecule has 0 aliphatic carbocycles. The lowest BCUT2D eigenvalue weighted by atomic mass is 10.1. The molecule has 0 radical (unpaired) electrons. The number of nitriles is 1. The molecule has 28 heavy (non-hydrogen) atoms. The second kappa shape index (κ2) is 6.53. The molecule has 0 bridgehead atoms. The van der Waals surface area contributed by atoms with E-state index in [0.717, 1.165) is 34.1 Å². The molecule has 5 nitrogen and oxygen atoms in total. The number of fused-ring (bicyclic) bond motifs is 2. The Labute approximate surface area is 162 Å². The summed E-state index contributed by atoms with van der Waals surface area (Å²) >= 11 is 0. The molecule has 3 aromatic carbocycles. The predicted molar refractivity (Wildman–Crippen MR) is 107 cm³/mol. The lowest BCUT2D eigenvalue weighted by molar-refractivity contribution is 0.477. The molecular formula is C23H14N4O. The maximum atomic E-state index is 9.28. The van der Waals surface area contributed by atoms with E-state index in [1.807, 2.05) is 72.8 Å². The van der Waals surface area contributed by atoms with Gasteiger partial charge in [0.15, 0.2) is 17.2 Å². The molecule has 0 saturated heterocycles. The zero-order valence-electron chi connectivity index (χ0n) is 14.8. The van der Waals surface area contributed by atoms with Crippen LogP contribution in [-0.4, -0.2) is 9.97 Å². The van der Waals surface area contributed by atoms with Crippen molar-refractivity contribution in [2.75, 3.05) is 4.90 Å². The molecule has 5 rings (SSSR count). The number of rotatable bonds is 2. The smallest absolute Gasteiger partial charge is 0.166 e. The number of nitrogens with zero attached hydrogens (tertiary/aromatic N) is 4. The van der Waals surface area contributed by atoms with E-state index >= 15 is 0 Å². The molecule has 5 heteroatoms. The van der Waals surface area contributed by atoms with Crippen LogP contribution < -0.4 is 9.64 Å². The Bertz CT molecular complexity index is 1170. The minimum absolute atomic E-state index is 0.317. The Morgan fingerprint density at radius 1 is 0.750 bits per heavy atom. The quantitative estimate of drug-likeness (QED) is 0.409. The summed E-state index contributed by atoms with van der Waals surface area (Å²) in [6, 6.07) is 26.0. The molecule has 1 aliphatic rings. The first-order chi connectivity index (χ1) is 13.8. The van der Waals surface area contributed by atoms with Crippen molar-refractivity contribution in [1.29, 1.82) is 5.26 Å². The fourth-order valence-electron chi connectivity index (χ4n) is 3.38. The average Bonchev–Trinajstić information content (AvgIpc) is 2.77. The summed E-state index contributed by atoms with van der Waals surface area (Å²) in [6.07, 6.45) is 3.12. The van der Waals surface area contributed by atoms with Crippen LogP contribution in [0.4, 0.5) is 17.1 Å². The summed E-state index contributed by atoms with van der Waals surface area (Å²) < 4.78 is 6.06. The SMILES string of the molecule is N#Cc1nccnc1-c1ccc(N2c3ccccc3Oc3ccccc32)cc1. The molecule has 132 valence electrons. The minimum Gasteiger partial charge on any atom is -0.453 e. The van der Waals surface area contributed by atoms with Crippen LogP contribution in [0.25, 0.3) is 11.3 Å². The highest BCUT2D eigenvalue weighted by molar-refractivity contribution is 5.86. The van der Waals surface area contributed by atoms with Crippen LogP contribution in [0.5, 0.6) is 11.5 Å². The van der Waals surface area contributed by atoms with Gasteiger partial charge < -0.3 is 9.64 Å². The highest BCUT2D eigenvalue weighted by Gasteiger charge is 2.25. The molecule has 0 N–H and O–H groups in total.